The molecule has 1 aliphatic heterocycles. The number of carbonyl (C=O) groups excluding carboxylic acids is 1. The summed E-state index contributed by atoms with van der Waals surface area (Å²) in [6.07, 6.45) is 0. The molecule has 0 saturated carbocycles. The normalized spacial score (nSPS) is 14.1. The lowest BCUT2D eigenvalue weighted by atomic mass is 10.1. The van der Waals surface area contributed by atoms with Crippen LogP contribution in [0.2, 0.25) is 0 Å². The van der Waals surface area contributed by atoms with Crippen LogP contribution in [0.4, 0.5) is 0 Å². The van der Waals surface area contributed by atoms with Crippen molar-refractivity contribution < 1.29 is 9.53 Å². The minimum Gasteiger partial charge on any atom is -0.379 e. The molecule has 0 atom stereocenters. The Morgan fingerprint density at radius 3 is 2.74 bits per heavy atom. The Labute approximate surface area is 158 Å². The predicted molar refractivity (Wildman–Crippen MR) is 99.9 cm³/mol. The molecule has 1 amide bonds. The lowest BCUT2D eigenvalue weighted by Gasteiger charge is -2.26. The molecule has 0 radical (unpaired) electrons. The monoisotopic (exact) mass is 363 g/mol. The topological polar surface area (TPSA) is 83.2 Å². The van der Waals surface area contributed by atoms with Crippen LogP contribution in [0.1, 0.15) is 27.3 Å². The Morgan fingerprint density at radius 2 is 2.00 bits per heavy atom. The SMILES string of the molecule is Cn1nc(C(=O)NCCN2CCOCC2)cc1C#Cc1ccccc1C#N. The summed E-state index contributed by atoms with van der Waals surface area (Å²) in [5, 5.41) is 16.2. The second-order valence-electron chi connectivity index (χ2n) is 6.16. The van der Waals surface area contributed by atoms with E-state index in [1.165, 1.54) is 0 Å². The summed E-state index contributed by atoms with van der Waals surface area (Å²) in [4.78, 5) is 14.6. The molecule has 0 spiro atoms. The Bertz CT molecular complexity index is 910. The van der Waals surface area contributed by atoms with Gasteiger partial charge in [-0.1, -0.05) is 18.1 Å². The van der Waals surface area contributed by atoms with Crippen molar-refractivity contribution in [3.05, 3.63) is 52.8 Å². The first-order valence-corrected chi connectivity index (χ1v) is 8.81. The van der Waals surface area contributed by atoms with E-state index in [1.807, 2.05) is 6.07 Å². The van der Waals surface area contributed by atoms with Gasteiger partial charge in [0.25, 0.3) is 5.91 Å². The molecular formula is C20H21N5O2. The van der Waals surface area contributed by atoms with Crippen LogP contribution < -0.4 is 5.32 Å². The predicted octanol–water partition coefficient (Wildman–Crippen LogP) is 0.754. The highest BCUT2D eigenvalue weighted by atomic mass is 16.5. The molecule has 1 aromatic heterocycles. The Morgan fingerprint density at radius 1 is 1.26 bits per heavy atom. The molecule has 0 unspecified atom stereocenters. The lowest BCUT2D eigenvalue weighted by molar-refractivity contribution is 0.0383. The number of amides is 1. The van der Waals surface area contributed by atoms with Crippen molar-refractivity contribution in [2.24, 2.45) is 7.05 Å². The number of hydrogen-bond acceptors (Lipinski definition) is 5. The fourth-order valence-corrected chi connectivity index (χ4v) is 2.76. The van der Waals surface area contributed by atoms with E-state index in [9.17, 15) is 4.79 Å². The molecule has 1 aliphatic rings. The van der Waals surface area contributed by atoms with Crippen LogP contribution in [-0.2, 0) is 11.8 Å². The molecular weight excluding hydrogens is 342 g/mol. The van der Waals surface area contributed by atoms with E-state index in [-0.39, 0.29) is 5.91 Å². The number of hydrogen-bond donors (Lipinski definition) is 1. The Balaban J connectivity index is 1.61. The number of nitrogens with one attached hydrogen (secondary N) is 1. The van der Waals surface area contributed by atoms with E-state index in [0.29, 0.717) is 29.1 Å². The number of benzene rings is 1. The van der Waals surface area contributed by atoms with Crippen LogP contribution in [-0.4, -0.2) is 60.0 Å². The third-order valence-electron chi connectivity index (χ3n) is 4.30. The summed E-state index contributed by atoms with van der Waals surface area (Å²) in [5.41, 5.74) is 2.12. The van der Waals surface area contributed by atoms with Gasteiger partial charge in [-0.3, -0.25) is 14.4 Å². The molecule has 2 heterocycles. The first-order valence-electron chi connectivity index (χ1n) is 8.81. The number of aromatic nitrogens is 2. The minimum absolute atomic E-state index is 0.218. The highest BCUT2D eigenvalue weighted by Crippen LogP contribution is 2.07. The van der Waals surface area contributed by atoms with Crippen molar-refractivity contribution in [3.8, 4) is 17.9 Å². The number of nitrogens with zero attached hydrogens (tertiary/aromatic N) is 4. The van der Waals surface area contributed by atoms with Gasteiger partial charge in [0.2, 0.25) is 0 Å². The molecule has 7 heteroatoms. The number of rotatable bonds is 4. The van der Waals surface area contributed by atoms with Gasteiger partial charge in [-0.2, -0.15) is 10.4 Å². The summed E-state index contributed by atoms with van der Waals surface area (Å²) >= 11 is 0. The van der Waals surface area contributed by atoms with Crippen molar-refractivity contribution >= 4 is 5.91 Å². The molecule has 27 heavy (non-hydrogen) atoms. The van der Waals surface area contributed by atoms with E-state index < -0.39 is 0 Å². The van der Waals surface area contributed by atoms with E-state index in [2.05, 4.69) is 33.2 Å². The van der Waals surface area contributed by atoms with Gasteiger partial charge in [0, 0.05) is 44.9 Å². The number of nitriles is 1. The van der Waals surface area contributed by atoms with Crippen molar-refractivity contribution in [2.45, 2.75) is 0 Å². The van der Waals surface area contributed by atoms with E-state index in [0.717, 1.165) is 32.8 Å². The summed E-state index contributed by atoms with van der Waals surface area (Å²) in [6, 6.07) is 10.9. The van der Waals surface area contributed by atoms with Gasteiger partial charge in [0.1, 0.15) is 11.8 Å². The standard InChI is InChI=1S/C20H21N5O2/c1-24-18(7-6-16-4-2-3-5-17(16)15-21)14-19(23-24)20(26)22-8-9-25-10-12-27-13-11-25/h2-5,14H,8-13H2,1H3,(H,22,26). The molecule has 1 saturated heterocycles. The molecule has 0 bridgehead atoms. The van der Waals surface area contributed by atoms with Gasteiger partial charge >= 0.3 is 0 Å². The van der Waals surface area contributed by atoms with Crippen LogP contribution in [0.25, 0.3) is 0 Å². The van der Waals surface area contributed by atoms with E-state index in [4.69, 9.17) is 10.00 Å². The molecule has 3 rings (SSSR count). The van der Waals surface area contributed by atoms with Gasteiger partial charge in [-0.25, -0.2) is 0 Å². The summed E-state index contributed by atoms with van der Waals surface area (Å²) in [5.74, 6) is 5.74. The maximum Gasteiger partial charge on any atom is 0.271 e. The van der Waals surface area contributed by atoms with Gasteiger partial charge < -0.3 is 10.1 Å². The lowest BCUT2D eigenvalue weighted by Crippen LogP contribution is -2.41. The molecule has 1 N–H and O–H groups in total. The molecule has 138 valence electrons. The average Bonchev–Trinajstić information content (AvgIpc) is 3.08. The molecule has 1 fully saturated rings. The maximum absolute atomic E-state index is 12.3. The van der Waals surface area contributed by atoms with Crippen LogP contribution in [0.15, 0.2) is 30.3 Å². The van der Waals surface area contributed by atoms with Gasteiger partial charge in [0.05, 0.1) is 18.8 Å². The summed E-state index contributed by atoms with van der Waals surface area (Å²) in [6.45, 7) is 4.62. The van der Waals surface area contributed by atoms with Gasteiger partial charge in [-0.15, -0.1) is 0 Å². The van der Waals surface area contributed by atoms with Crippen molar-refractivity contribution in [2.75, 3.05) is 39.4 Å². The Kier molecular flexibility index (Phi) is 6.22. The van der Waals surface area contributed by atoms with Gasteiger partial charge in [-0.05, 0) is 18.1 Å². The van der Waals surface area contributed by atoms with Crippen molar-refractivity contribution in [3.63, 3.8) is 0 Å². The van der Waals surface area contributed by atoms with Crippen LogP contribution in [0, 0.1) is 23.2 Å². The van der Waals surface area contributed by atoms with Crippen molar-refractivity contribution in [1.82, 2.24) is 20.0 Å². The smallest absolute Gasteiger partial charge is 0.271 e. The zero-order valence-corrected chi connectivity index (χ0v) is 15.2. The molecule has 1 aromatic carbocycles. The van der Waals surface area contributed by atoms with E-state index in [1.54, 1.807) is 36.0 Å². The first kappa shape index (κ1) is 18.7. The fourth-order valence-electron chi connectivity index (χ4n) is 2.76. The summed E-state index contributed by atoms with van der Waals surface area (Å²) < 4.78 is 6.88. The van der Waals surface area contributed by atoms with Gasteiger partial charge in [0.15, 0.2) is 5.69 Å². The number of ether oxygens (including phenoxy) is 1. The average molecular weight is 363 g/mol. The third kappa shape index (κ3) is 4.95. The zero-order valence-electron chi connectivity index (χ0n) is 15.2. The quantitative estimate of drug-likeness (QED) is 0.811. The molecule has 0 aliphatic carbocycles. The highest BCUT2D eigenvalue weighted by Gasteiger charge is 2.13. The largest absolute Gasteiger partial charge is 0.379 e. The molecule has 7 nitrogen and oxygen atoms in total. The van der Waals surface area contributed by atoms with Crippen molar-refractivity contribution in [1.29, 1.82) is 5.26 Å². The number of carbonyl (C=O) groups is 1. The molecule has 2 aromatic rings. The maximum atomic E-state index is 12.3. The van der Waals surface area contributed by atoms with Crippen LogP contribution in [0.5, 0.6) is 0 Å². The van der Waals surface area contributed by atoms with Crippen LogP contribution in [0.3, 0.4) is 0 Å². The summed E-state index contributed by atoms with van der Waals surface area (Å²) in [7, 11) is 1.74. The zero-order chi connectivity index (χ0) is 19.1. The number of aryl methyl sites for hydroxylation is 1. The third-order valence-corrected chi connectivity index (χ3v) is 4.30. The first-order chi connectivity index (χ1) is 13.2. The number of morpholine rings is 1. The second kappa shape index (κ2) is 9.00. The van der Waals surface area contributed by atoms with E-state index >= 15 is 0 Å². The van der Waals surface area contributed by atoms with Crippen LogP contribution >= 0.6 is 0 Å². The Hall–Kier alpha value is -3.13. The highest BCUT2D eigenvalue weighted by molar-refractivity contribution is 5.92. The second-order valence-corrected chi connectivity index (χ2v) is 6.16. The minimum atomic E-state index is -0.218. The fraction of sp³-hybridized carbons (Fsp3) is 0.350.